The van der Waals surface area contributed by atoms with Crippen LogP contribution >= 0.6 is 0 Å². The lowest BCUT2D eigenvalue weighted by Gasteiger charge is -2.38. The van der Waals surface area contributed by atoms with Gasteiger partial charge in [-0.25, -0.2) is 4.98 Å². The van der Waals surface area contributed by atoms with E-state index >= 15 is 0 Å². The van der Waals surface area contributed by atoms with E-state index in [-0.39, 0.29) is 12.5 Å². The van der Waals surface area contributed by atoms with Gasteiger partial charge in [0, 0.05) is 19.3 Å². The van der Waals surface area contributed by atoms with Crippen LogP contribution in [-0.4, -0.2) is 46.7 Å². The van der Waals surface area contributed by atoms with Crippen LogP contribution in [0.4, 0.5) is 11.8 Å². The zero-order chi connectivity index (χ0) is 22.4. The first-order valence-electron chi connectivity index (χ1n) is 10.6. The molecule has 164 valence electrons. The van der Waals surface area contributed by atoms with Crippen LogP contribution < -0.4 is 15.5 Å². The molecule has 8 nitrogen and oxygen atoms in total. The number of aromatic nitrogens is 2. The van der Waals surface area contributed by atoms with Crippen molar-refractivity contribution in [2.75, 3.05) is 29.4 Å². The normalized spacial score (nSPS) is 16.5. The van der Waals surface area contributed by atoms with E-state index in [0.717, 1.165) is 5.56 Å². The Morgan fingerprint density at radius 1 is 1.29 bits per heavy atom. The quantitative estimate of drug-likeness (QED) is 0.626. The maximum absolute atomic E-state index is 12.1. The van der Waals surface area contributed by atoms with Gasteiger partial charge in [-0.3, -0.25) is 4.79 Å². The van der Waals surface area contributed by atoms with Gasteiger partial charge in [0.2, 0.25) is 11.9 Å². The number of amides is 1. The molecule has 0 unspecified atom stereocenters. The number of hydrogen-bond donors (Lipinski definition) is 2. The summed E-state index contributed by atoms with van der Waals surface area (Å²) in [6.45, 7) is 5.21. The van der Waals surface area contributed by atoms with Crippen LogP contribution in [0.15, 0.2) is 42.6 Å². The third-order valence-electron chi connectivity index (χ3n) is 5.75. The van der Waals surface area contributed by atoms with Crippen molar-refractivity contribution in [3.8, 4) is 6.07 Å². The average molecular weight is 423 g/mol. The summed E-state index contributed by atoms with van der Waals surface area (Å²) >= 11 is 0. The van der Waals surface area contributed by atoms with Crippen molar-refractivity contribution in [2.24, 2.45) is 11.7 Å². The van der Waals surface area contributed by atoms with Gasteiger partial charge in [-0.1, -0.05) is 44.2 Å². The Bertz CT molecular complexity index is 919. The summed E-state index contributed by atoms with van der Waals surface area (Å²) in [5.41, 5.74) is 5.70. The van der Waals surface area contributed by atoms with Crippen molar-refractivity contribution in [3.05, 3.63) is 48.2 Å². The maximum Gasteiger partial charge on any atom is 0.240 e. The molecule has 2 aromatic rings. The molecular formula is C23H30N6O2. The van der Waals surface area contributed by atoms with E-state index < -0.39 is 17.6 Å². The van der Waals surface area contributed by atoms with Gasteiger partial charge >= 0.3 is 0 Å². The molecule has 1 amide bonds. The number of carbonyl (C=O) groups is 1. The van der Waals surface area contributed by atoms with E-state index in [1.165, 1.54) is 0 Å². The number of benzene rings is 1. The van der Waals surface area contributed by atoms with Crippen molar-refractivity contribution in [3.63, 3.8) is 0 Å². The lowest BCUT2D eigenvalue weighted by Crippen LogP contribution is -2.47. The molecule has 0 saturated carbocycles. The Hall–Kier alpha value is -3.18. The molecule has 1 aliphatic heterocycles. The van der Waals surface area contributed by atoms with Crippen molar-refractivity contribution in [1.82, 2.24) is 9.97 Å². The molecule has 1 aromatic carbocycles. The van der Waals surface area contributed by atoms with Crippen molar-refractivity contribution >= 4 is 17.7 Å². The summed E-state index contributed by atoms with van der Waals surface area (Å²) in [5, 5.41) is 20.4. The molecule has 1 aromatic heterocycles. The van der Waals surface area contributed by atoms with E-state index in [1.807, 2.05) is 49.1 Å². The monoisotopic (exact) mass is 422 g/mol. The van der Waals surface area contributed by atoms with Crippen molar-refractivity contribution in [2.45, 2.75) is 44.8 Å². The van der Waals surface area contributed by atoms with Gasteiger partial charge in [0.1, 0.15) is 18.4 Å². The fourth-order valence-corrected chi connectivity index (χ4v) is 4.04. The summed E-state index contributed by atoms with van der Waals surface area (Å²) in [6, 6.07) is 12.9. The highest BCUT2D eigenvalue weighted by atomic mass is 16.3. The minimum Gasteiger partial charge on any atom is -0.385 e. The number of piperidine rings is 1. The number of anilines is 2. The van der Waals surface area contributed by atoms with Gasteiger partial charge in [0.15, 0.2) is 0 Å². The van der Waals surface area contributed by atoms with E-state index in [0.29, 0.717) is 44.1 Å². The maximum atomic E-state index is 12.1. The fourth-order valence-electron chi connectivity index (χ4n) is 4.04. The molecule has 1 saturated heterocycles. The Morgan fingerprint density at radius 3 is 2.55 bits per heavy atom. The predicted molar refractivity (Wildman–Crippen MR) is 119 cm³/mol. The highest BCUT2D eigenvalue weighted by Crippen LogP contribution is 2.34. The predicted octanol–water partition coefficient (Wildman–Crippen LogP) is 2.19. The fraction of sp³-hybridized carbons (Fsp3) is 0.478. The van der Waals surface area contributed by atoms with E-state index in [2.05, 4.69) is 16.0 Å². The van der Waals surface area contributed by atoms with Crippen LogP contribution in [0.25, 0.3) is 0 Å². The second kappa shape index (κ2) is 9.75. The third-order valence-corrected chi connectivity index (χ3v) is 5.75. The van der Waals surface area contributed by atoms with Gasteiger partial charge in [0.05, 0.1) is 11.7 Å². The highest BCUT2D eigenvalue weighted by Gasteiger charge is 2.35. The minimum atomic E-state index is -0.865. The number of nitrogens with two attached hydrogens (primary N) is 1. The molecule has 31 heavy (non-hydrogen) atoms. The largest absolute Gasteiger partial charge is 0.385 e. The van der Waals surface area contributed by atoms with Gasteiger partial charge in [-0.15, -0.1) is 0 Å². The number of hydrogen-bond acceptors (Lipinski definition) is 7. The Morgan fingerprint density at radius 2 is 1.97 bits per heavy atom. The summed E-state index contributed by atoms with van der Waals surface area (Å²) in [5.74, 6) is 0.774. The van der Waals surface area contributed by atoms with Crippen LogP contribution in [0, 0.1) is 17.2 Å². The summed E-state index contributed by atoms with van der Waals surface area (Å²) in [7, 11) is 0. The number of rotatable bonds is 8. The standard InChI is InChI=1S/C23H30N6O2/c1-17(2)16-19(21(25)30)29(15-11-24)20-8-12-26-22(27-20)28-13-9-23(31,10-14-28)18-6-4-3-5-7-18/h3-8,12,17,19,31H,9-10,13-16H2,1-2H3,(H2,25,30)/t19-/m0/s1. The first-order chi connectivity index (χ1) is 14.8. The molecule has 3 rings (SSSR count). The molecule has 3 N–H and O–H groups in total. The number of nitriles is 1. The number of nitrogens with zero attached hydrogens (tertiary/aromatic N) is 5. The Kier molecular flexibility index (Phi) is 7.08. The zero-order valence-corrected chi connectivity index (χ0v) is 18.1. The molecule has 0 bridgehead atoms. The number of primary amides is 1. The molecule has 0 spiro atoms. The lowest BCUT2D eigenvalue weighted by atomic mass is 9.84. The van der Waals surface area contributed by atoms with Crippen LogP contribution in [0.1, 0.15) is 38.7 Å². The third kappa shape index (κ3) is 5.30. The van der Waals surface area contributed by atoms with Crippen LogP contribution in [0.2, 0.25) is 0 Å². The topological polar surface area (TPSA) is 119 Å². The molecular weight excluding hydrogens is 392 g/mol. The SMILES string of the molecule is CC(C)C[C@@H](C(N)=O)N(CC#N)c1ccnc(N2CCC(O)(c3ccccc3)CC2)n1. The van der Waals surface area contributed by atoms with Crippen LogP contribution in [0.5, 0.6) is 0 Å². The molecule has 0 aliphatic carbocycles. The van der Waals surface area contributed by atoms with Gasteiger partial charge < -0.3 is 20.6 Å². The average Bonchev–Trinajstić information content (AvgIpc) is 2.77. The van der Waals surface area contributed by atoms with Crippen LogP contribution in [-0.2, 0) is 10.4 Å². The second-order valence-corrected chi connectivity index (χ2v) is 8.43. The van der Waals surface area contributed by atoms with Crippen LogP contribution in [0.3, 0.4) is 0 Å². The zero-order valence-electron chi connectivity index (χ0n) is 18.1. The van der Waals surface area contributed by atoms with Gasteiger partial charge in [0.25, 0.3) is 0 Å². The molecule has 1 aliphatic rings. The second-order valence-electron chi connectivity index (χ2n) is 8.43. The summed E-state index contributed by atoms with van der Waals surface area (Å²) < 4.78 is 0. The smallest absolute Gasteiger partial charge is 0.240 e. The Labute approximate surface area is 183 Å². The number of carbonyl (C=O) groups excluding carboxylic acids is 1. The van der Waals surface area contributed by atoms with Gasteiger partial charge in [-0.2, -0.15) is 10.2 Å². The molecule has 0 radical (unpaired) electrons. The van der Waals surface area contributed by atoms with E-state index in [1.54, 1.807) is 17.2 Å². The molecule has 1 fully saturated rings. The molecule has 8 heteroatoms. The summed E-state index contributed by atoms with van der Waals surface area (Å²) in [4.78, 5) is 24.8. The first kappa shape index (κ1) is 22.5. The van der Waals surface area contributed by atoms with E-state index in [9.17, 15) is 15.2 Å². The van der Waals surface area contributed by atoms with Gasteiger partial charge in [-0.05, 0) is 36.8 Å². The summed E-state index contributed by atoms with van der Waals surface area (Å²) in [6.07, 6.45) is 3.28. The molecule has 1 atom stereocenters. The van der Waals surface area contributed by atoms with Crippen molar-refractivity contribution < 1.29 is 9.90 Å². The first-order valence-corrected chi connectivity index (χ1v) is 10.6. The van der Waals surface area contributed by atoms with Crippen molar-refractivity contribution in [1.29, 1.82) is 5.26 Å². The lowest BCUT2D eigenvalue weighted by molar-refractivity contribution is -0.119. The minimum absolute atomic E-state index is 0.00450. The Balaban J connectivity index is 1.79. The molecule has 2 heterocycles. The highest BCUT2D eigenvalue weighted by molar-refractivity contribution is 5.83. The van der Waals surface area contributed by atoms with E-state index in [4.69, 9.17) is 5.73 Å². The number of aliphatic hydroxyl groups is 1.